The average molecular weight is 441 g/mol. The fraction of sp³-hybridized carbons (Fsp3) is 0.273. The van der Waals surface area contributed by atoms with Gasteiger partial charge in [0.25, 0.3) is 0 Å². The van der Waals surface area contributed by atoms with Crippen molar-refractivity contribution in [2.75, 3.05) is 0 Å². The molecule has 0 bridgehead atoms. The molecular weight excluding hydrogens is 419 g/mol. The number of carbonyl (C=O) groups is 1. The minimum absolute atomic E-state index is 0.0486. The maximum absolute atomic E-state index is 13.9. The molecule has 3 aromatic rings. The number of halogens is 1. The Balaban J connectivity index is 1.42. The Morgan fingerprint density at radius 1 is 1.26 bits per heavy atom. The maximum Gasteiger partial charge on any atom is 0.229 e. The van der Waals surface area contributed by atoms with Crippen LogP contribution < -0.4 is 9.46 Å². The second-order valence-electron chi connectivity index (χ2n) is 7.42. The average Bonchev–Trinajstić information content (AvgIpc) is 3.45. The molecule has 2 unspecified atom stereocenters. The van der Waals surface area contributed by atoms with Crippen LogP contribution in [-0.4, -0.2) is 27.5 Å². The molecule has 31 heavy (non-hydrogen) atoms. The van der Waals surface area contributed by atoms with Crippen LogP contribution in [-0.2, 0) is 0 Å². The van der Waals surface area contributed by atoms with E-state index in [-0.39, 0.29) is 23.6 Å². The van der Waals surface area contributed by atoms with Crippen molar-refractivity contribution in [3.63, 3.8) is 0 Å². The SMILES string of the molecule is CC(Oc1ccc(-c2noc(C(C)C)n2)nc1)C1=CC(c2ccc(C=O)c(F)c2)NS1. The summed E-state index contributed by atoms with van der Waals surface area (Å²) in [6, 6.07) is 8.01. The van der Waals surface area contributed by atoms with Crippen molar-refractivity contribution in [1.82, 2.24) is 19.8 Å². The summed E-state index contributed by atoms with van der Waals surface area (Å²) in [5.74, 6) is 1.24. The summed E-state index contributed by atoms with van der Waals surface area (Å²) in [4.78, 5) is 20.5. The lowest BCUT2D eigenvalue weighted by molar-refractivity contribution is 0.112. The van der Waals surface area contributed by atoms with Crippen molar-refractivity contribution in [3.8, 4) is 17.3 Å². The number of rotatable bonds is 7. The van der Waals surface area contributed by atoms with Crippen LogP contribution in [0.15, 0.2) is 52.0 Å². The summed E-state index contributed by atoms with van der Waals surface area (Å²) < 4.78 is 28.4. The van der Waals surface area contributed by atoms with Gasteiger partial charge in [-0.1, -0.05) is 25.1 Å². The van der Waals surface area contributed by atoms with Gasteiger partial charge in [-0.05, 0) is 54.8 Å². The number of benzene rings is 1. The lowest BCUT2D eigenvalue weighted by atomic mass is 10.0. The van der Waals surface area contributed by atoms with Crippen molar-refractivity contribution in [1.29, 1.82) is 0 Å². The highest BCUT2D eigenvalue weighted by molar-refractivity contribution is 8.01. The summed E-state index contributed by atoms with van der Waals surface area (Å²) in [6.07, 6.45) is 3.88. The lowest BCUT2D eigenvalue weighted by Crippen LogP contribution is -2.13. The van der Waals surface area contributed by atoms with Gasteiger partial charge in [0, 0.05) is 10.8 Å². The van der Waals surface area contributed by atoms with Gasteiger partial charge >= 0.3 is 0 Å². The van der Waals surface area contributed by atoms with E-state index in [0.29, 0.717) is 29.4 Å². The van der Waals surface area contributed by atoms with Gasteiger partial charge in [0.05, 0.1) is 17.8 Å². The molecule has 1 aliphatic heterocycles. The quantitative estimate of drug-likeness (QED) is 0.412. The third kappa shape index (κ3) is 4.67. The first-order valence-corrected chi connectivity index (χ1v) is 10.6. The largest absolute Gasteiger partial charge is 0.484 e. The minimum Gasteiger partial charge on any atom is -0.484 e. The van der Waals surface area contributed by atoms with Crippen LogP contribution in [0.2, 0.25) is 0 Å². The Morgan fingerprint density at radius 3 is 2.74 bits per heavy atom. The zero-order valence-electron chi connectivity index (χ0n) is 17.2. The highest BCUT2D eigenvalue weighted by atomic mass is 32.2. The molecule has 3 heterocycles. The zero-order chi connectivity index (χ0) is 22.0. The van der Waals surface area contributed by atoms with Gasteiger partial charge in [0.1, 0.15) is 23.4 Å². The molecule has 0 spiro atoms. The lowest BCUT2D eigenvalue weighted by Gasteiger charge is -2.14. The van der Waals surface area contributed by atoms with Gasteiger partial charge in [-0.25, -0.2) is 14.1 Å². The van der Waals surface area contributed by atoms with E-state index in [1.54, 1.807) is 18.3 Å². The van der Waals surface area contributed by atoms with Gasteiger partial charge in [-0.3, -0.25) is 4.79 Å². The number of aromatic nitrogens is 3. The van der Waals surface area contributed by atoms with Crippen molar-refractivity contribution in [3.05, 3.63) is 70.3 Å². The molecule has 0 saturated carbocycles. The normalized spacial score (nSPS) is 16.9. The standard InChI is InChI=1S/C22H21FN4O3S/c1-12(2)22-25-21(26-30-22)18-7-6-16(10-24-18)29-13(3)20-9-19(27-31-20)14-4-5-15(11-28)17(23)8-14/h4-13,19,27H,1-3H3. The van der Waals surface area contributed by atoms with Gasteiger partial charge in [-0.15, -0.1) is 0 Å². The van der Waals surface area contributed by atoms with E-state index in [0.717, 1.165) is 10.5 Å². The Kier molecular flexibility index (Phi) is 6.15. The van der Waals surface area contributed by atoms with Crippen LogP contribution in [0.1, 0.15) is 54.5 Å². The van der Waals surface area contributed by atoms with E-state index in [4.69, 9.17) is 9.26 Å². The van der Waals surface area contributed by atoms with Crippen LogP contribution in [0, 0.1) is 5.82 Å². The second kappa shape index (κ2) is 8.99. The van der Waals surface area contributed by atoms with E-state index in [2.05, 4.69) is 19.8 Å². The zero-order valence-corrected chi connectivity index (χ0v) is 18.0. The van der Waals surface area contributed by atoms with Crippen LogP contribution >= 0.6 is 11.9 Å². The van der Waals surface area contributed by atoms with Crippen LogP contribution in [0.5, 0.6) is 5.75 Å². The smallest absolute Gasteiger partial charge is 0.229 e. The molecule has 7 nitrogen and oxygen atoms in total. The van der Waals surface area contributed by atoms with Crippen molar-refractivity contribution >= 4 is 18.2 Å². The predicted molar refractivity (Wildman–Crippen MR) is 115 cm³/mol. The number of aldehydes is 1. The number of hydrogen-bond donors (Lipinski definition) is 1. The Labute approximate surface area is 183 Å². The molecule has 1 N–H and O–H groups in total. The highest BCUT2D eigenvalue weighted by Gasteiger charge is 2.23. The highest BCUT2D eigenvalue weighted by Crippen LogP contribution is 2.34. The van der Waals surface area contributed by atoms with E-state index >= 15 is 0 Å². The fourth-order valence-corrected chi connectivity index (χ4v) is 3.88. The summed E-state index contributed by atoms with van der Waals surface area (Å²) in [5, 5.41) is 3.96. The van der Waals surface area contributed by atoms with Gasteiger partial charge < -0.3 is 9.26 Å². The molecule has 1 aromatic carbocycles. The molecule has 0 radical (unpaired) electrons. The Morgan fingerprint density at radius 2 is 2.10 bits per heavy atom. The first-order valence-electron chi connectivity index (χ1n) is 9.80. The molecule has 9 heteroatoms. The first-order chi connectivity index (χ1) is 14.9. The van der Waals surface area contributed by atoms with Crippen LogP contribution in [0.4, 0.5) is 4.39 Å². The maximum atomic E-state index is 13.9. The van der Waals surface area contributed by atoms with Crippen molar-refractivity contribution in [2.45, 2.75) is 38.8 Å². The molecule has 0 aliphatic carbocycles. The fourth-order valence-electron chi connectivity index (χ4n) is 3.00. The second-order valence-corrected chi connectivity index (χ2v) is 8.33. The minimum atomic E-state index is -0.529. The summed E-state index contributed by atoms with van der Waals surface area (Å²) >= 11 is 1.44. The first kappa shape index (κ1) is 21.2. The number of nitrogens with one attached hydrogen (secondary N) is 1. The molecule has 2 atom stereocenters. The molecule has 2 aromatic heterocycles. The van der Waals surface area contributed by atoms with Gasteiger partial charge in [0.15, 0.2) is 6.29 Å². The molecule has 160 valence electrons. The molecule has 4 rings (SSSR count). The van der Waals surface area contributed by atoms with Gasteiger partial charge in [-0.2, -0.15) is 4.98 Å². The van der Waals surface area contributed by atoms with E-state index < -0.39 is 5.82 Å². The number of hydrogen-bond acceptors (Lipinski definition) is 8. The van der Waals surface area contributed by atoms with Crippen molar-refractivity contribution in [2.24, 2.45) is 0 Å². The van der Waals surface area contributed by atoms with Crippen LogP contribution in [0.25, 0.3) is 11.5 Å². The van der Waals surface area contributed by atoms with E-state index in [1.165, 1.54) is 24.1 Å². The third-order valence-electron chi connectivity index (χ3n) is 4.76. The number of pyridine rings is 1. The number of nitrogens with zero attached hydrogens (tertiary/aromatic N) is 3. The van der Waals surface area contributed by atoms with E-state index in [1.807, 2.05) is 32.9 Å². The Hall–Kier alpha value is -3.04. The predicted octanol–water partition coefficient (Wildman–Crippen LogP) is 4.85. The van der Waals surface area contributed by atoms with Gasteiger partial charge in [0.2, 0.25) is 11.7 Å². The van der Waals surface area contributed by atoms with Crippen molar-refractivity contribution < 1.29 is 18.4 Å². The molecule has 0 saturated heterocycles. The van der Waals surface area contributed by atoms with E-state index in [9.17, 15) is 9.18 Å². The molecule has 0 fully saturated rings. The summed E-state index contributed by atoms with van der Waals surface area (Å²) in [5.41, 5.74) is 1.39. The molecule has 0 amide bonds. The number of carbonyl (C=O) groups excluding carboxylic acids is 1. The molecule has 1 aliphatic rings. The third-order valence-corrected chi connectivity index (χ3v) is 5.84. The summed E-state index contributed by atoms with van der Waals surface area (Å²) in [7, 11) is 0. The van der Waals surface area contributed by atoms with Crippen LogP contribution in [0.3, 0.4) is 0 Å². The Bertz CT molecular complexity index is 1110. The number of ether oxygens (including phenoxy) is 1. The molecular formula is C22H21FN4O3S. The monoisotopic (exact) mass is 440 g/mol. The summed E-state index contributed by atoms with van der Waals surface area (Å²) in [6.45, 7) is 5.89. The topological polar surface area (TPSA) is 90.1 Å².